The molecule has 0 aliphatic carbocycles. The average molecular weight is 363 g/mol. The highest BCUT2D eigenvalue weighted by atomic mass is 79.9. The molecule has 0 fully saturated rings. The molecule has 0 bridgehead atoms. The van der Waals surface area contributed by atoms with Crippen molar-refractivity contribution in [2.45, 2.75) is 18.7 Å². The smallest absolute Gasteiger partial charge is 0.151 e. The fraction of sp³-hybridized carbons (Fsp3) is 0.176. The van der Waals surface area contributed by atoms with Gasteiger partial charge in [-0.25, -0.2) is 0 Å². The Kier molecular flexibility index (Phi) is 3.76. The van der Waals surface area contributed by atoms with E-state index in [-0.39, 0.29) is 0 Å². The lowest BCUT2D eigenvalue weighted by Gasteiger charge is -2.01. The van der Waals surface area contributed by atoms with E-state index in [1.54, 1.807) is 6.26 Å². The molecule has 4 heteroatoms. The lowest BCUT2D eigenvalue weighted by molar-refractivity contribution is 0.620. The van der Waals surface area contributed by atoms with Gasteiger partial charge in [-0.3, -0.25) is 4.21 Å². The summed E-state index contributed by atoms with van der Waals surface area (Å²) < 4.78 is 19.3. The van der Waals surface area contributed by atoms with Crippen molar-refractivity contribution in [2.24, 2.45) is 0 Å². The molecule has 0 aliphatic rings. The van der Waals surface area contributed by atoms with E-state index < -0.39 is 10.8 Å². The van der Waals surface area contributed by atoms with E-state index in [4.69, 9.17) is 4.42 Å². The number of hydrogen-bond donors (Lipinski definition) is 0. The normalized spacial score (nSPS) is 12.8. The van der Waals surface area contributed by atoms with Crippen LogP contribution in [0.2, 0.25) is 0 Å². The Labute approximate surface area is 134 Å². The second-order valence-corrected chi connectivity index (χ2v) is 7.41. The van der Waals surface area contributed by atoms with Gasteiger partial charge < -0.3 is 4.42 Å². The van der Waals surface area contributed by atoms with Crippen LogP contribution >= 0.6 is 15.9 Å². The maximum atomic E-state index is 12.2. The molecule has 0 radical (unpaired) electrons. The Morgan fingerprint density at radius 3 is 2.38 bits per heavy atom. The van der Waals surface area contributed by atoms with Crippen LogP contribution in [-0.4, -0.2) is 10.5 Å². The van der Waals surface area contributed by atoms with E-state index in [2.05, 4.69) is 22.0 Å². The van der Waals surface area contributed by atoms with Gasteiger partial charge in [0.1, 0.15) is 5.58 Å². The topological polar surface area (TPSA) is 30.2 Å². The maximum Gasteiger partial charge on any atom is 0.151 e. The van der Waals surface area contributed by atoms with Crippen LogP contribution < -0.4 is 0 Å². The fourth-order valence-corrected chi connectivity index (χ4v) is 3.75. The van der Waals surface area contributed by atoms with Crippen molar-refractivity contribution < 1.29 is 8.63 Å². The number of rotatable bonds is 2. The molecular weight excluding hydrogens is 348 g/mol. The van der Waals surface area contributed by atoms with E-state index in [1.807, 2.05) is 44.2 Å². The van der Waals surface area contributed by atoms with Gasteiger partial charge in [-0.15, -0.1) is 0 Å². The number of hydrogen-bond acceptors (Lipinski definition) is 2. The largest absolute Gasteiger partial charge is 0.454 e. The first kappa shape index (κ1) is 14.5. The van der Waals surface area contributed by atoms with E-state index in [9.17, 15) is 4.21 Å². The zero-order valence-electron chi connectivity index (χ0n) is 12.1. The summed E-state index contributed by atoms with van der Waals surface area (Å²) in [6.07, 6.45) is 1.70. The number of furan rings is 1. The van der Waals surface area contributed by atoms with Crippen molar-refractivity contribution in [3.8, 4) is 11.3 Å². The average Bonchev–Trinajstić information content (AvgIpc) is 2.79. The number of fused-ring (bicyclic) bond motifs is 1. The molecule has 1 unspecified atom stereocenters. The lowest BCUT2D eigenvalue weighted by atomic mass is 10.1. The van der Waals surface area contributed by atoms with Gasteiger partial charge in [0.25, 0.3) is 0 Å². The Balaban J connectivity index is 2.37. The molecule has 0 saturated heterocycles. The third-order valence-corrected chi connectivity index (χ3v) is 4.98. The number of aryl methyl sites for hydroxylation is 2. The standard InChI is InChI=1S/C17H15BrO2S/c1-10-8-11(2)15-14(9-10)17(21(3)19)16(20-15)12-4-6-13(18)7-5-12/h4-9H,1-3H3. The quantitative estimate of drug-likeness (QED) is 0.625. The van der Waals surface area contributed by atoms with E-state index in [1.165, 1.54) is 0 Å². The second-order valence-electron chi connectivity index (χ2n) is 5.18. The van der Waals surface area contributed by atoms with Gasteiger partial charge in [0.15, 0.2) is 5.76 Å². The van der Waals surface area contributed by atoms with E-state index in [0.29, 0.717) is 5.76 Å². The van der Waals surface area contributed by atoms with Crippen LogP contribution in [0.1, 0.15) is 11.1 Å². The highest BCUT2D eigenvalue weighted by Crippen LogP contribution is 2.37. The number of benzene rings is 2. The lowest BCUT2D eigenvalue weighted by Crippen LogP contribution is -1.89. The summed E-state index contributed by atoms with van der Waals surface area (Å²) in [5, 5.41) is 0.950. The van der Waals surface area contributed by atoms with Gasteiger partial charge in [-0.2, -0.15) is 0 Å². The SMILES string of the molecule is Cc1cc(C)c2oc(-c3ccc(Br)cc3)c(S(C)=O)c2c1. The van der Waals surface area contributed by atoms with Crippen molar-refractivity contribution in [3.05, 3.63) is 52.0 Å². The molecule has 1 aromatic heterocycles. The van der Waals surface area contributed by atoms with Gasteiger partial charge in [-0.1, -0.05) is 34.1 Å². The van der Waals surface area contributed by atoms with E-state index in [0.717, 1.165) is 37.0 Å². The molecule has 0 aliphatic heterocycles. The third kappa shape index (κ3) is 2.58. The molecule has 3 rings (SSSR count). The zero-order chi connectivity index (χ0) is 15.1. The molecule has 0 N–H and O–H groups in total. The summed E-state index contributed by atoms with van der Waals surface area (Å²) in [6.45, 7) is 4.06. The van der Waals surface area contributed by atoms with Gasteiger partial charge in [0.2, 0.25) is 0 Å². The summed E-state index contributed by atoms with van der Waals surface area (Å²) in [5.41, 5.74) is 3.98. The Morgan fingerprint density at radius 2 is 1.76 bits per heavy atom. The van der Waals surface area contributed by atoms with Gasteiger partial charge in [-0.05, 0) is 43.2 Å². The summed E-state index contributed by atoms with van der Waals surface area (Å²) in [6, 6.07) is 12.0. The van der Waals surface area contributed by atoms with Crippen LogP contribution in [0.3, 0.4) is 0 Å². The van der Waals surface area contributed by atoms with Crippen LogP contribution in [0.15, 0.2) is 50.2 Å². The monoisotopic (exact) mass is 362 g/mol. The minimum absolute atomic E-state index is 0.701. The van der Waals surface area contributed by atoms with Crippen molar-refractivity contribution in [2.75, 3.05) is 6.26 Å². The molecule has 1 heterocycles. The Hall–Kier alpha value is -1.39. The molecule has 3 aromatic rings. The molecule has 2 nitrogen and oxygen atoms in total. The Morgan fingerprint density at radius 1 is 1.10 bits per heavy atom. The summed E-state index contributed by atoms with van der Waals surface area (Å²) in [7, 11) is -1.11. The minimum atomic E-state index is -1.11. The molecule has 1 atom stereocenters. The predicted octanol–water partition coefficient (Wildman–Crippen LogP) is 5.22. The molecular formula is C17H15BrO2S. The van der Waals surface area contributed by atoms with Crippen LogP contribution in [0.25, 0.3) is 22.3 Å². The van der Waals surface area contributed by atoms with Gasteiger partial charge in [0, 0.05) is 21.7 Å². The first-order valence-corrected chi connectivity index (χ1v) is 8.95. The minimum Gasteiger partial charge on any atom is -0.454 e. The van der Waals surface area contributed by atoms with E-state index >= 15 is 0 Å². The predicted molar refractivity (Wildman–Crippen MR) is 91.2 cm³/mol. The number of halogens is 1. The van der Waals surface area contributed by atoms with Gasteiger partial charge in [0.05, 0.1) is 15.7 Å². The van der Waals surface area contributed by atoms with Gasteiger partial charge >= 0.3 is 0 Å². The van der Waals surface area contributed by atoms with Crippen molar-refractivity contribution in [1.82, 2.24) is 0 Å². The van der Waals surface area contributed by atoms with Crippen LogP contribution in [-0.2, 0) is 10.8 Å². The highest BCUT2D eigenvalue weighted by molar-refractivity contribution is 9.10. The summed E-state index contributed by atoms with van der Waals surface area (Å²) in [5.74, 6) is 0.701. The van der Waals surface area contributed by atoms with Crippen molar-refractivity contribution >= 4 is 37.7 Å². The van der Waals surface area contributed by atoms with Crippen LogP contribution in [0.5, 0.6) is 0 Å². The third-order valence-electron chi connectivity index (χ3n) is 3.47. The maximum absolute atomic E-state index is 12.2. The molecule has 2 aromatic carbocycles. The molecule has 0 spiro atoms. The summed E-state index contributed by atoms with van der Waals surface area (Å²) in [4.78, 5) is 0.777. The first-order chi connectivity index (χ1) is 9.97. The molecule has 0 amide bonds. The van der Waals surface area contributed by atoms with Crippen LogP contribution in [0, 0.1) is 13.8 Å². The highest BCUT2D eigenvalue weighted by Gasteiger charge is 2.20. The molecule has 21 heavy (non-hydrogen) atoms. The fourth-order valence-electron chi connectivity index (χ4n) is 2.61. The second kappa shape index (κ2) is 5.43. The first-order valence-electron chi connectivity index (χ1n) is 6.60. The van der Waals surface area contributed by atoms with Crippen molar-refractivity contribution in [3.63, 3.8) is 0 Å². The zero-order valence-corrected chi connectivity index (χ0v) is 14.5. The molecule has 0 saturated carbocycles. The molecule has 108 valence electrons. The Bertz CT molecular complexity index is 847. The van der Waals surface area contributed by atoms with Crippen LogP contribution in [0.4, 0.5) is 0 Å². The van der Waals surface area contributed by atoms with Crippen molar-refractivity contribution in [1.29, 1.82) is 0 Å². The summed E-state index contributed by atoms with van der Waals surface area (Å²) >= 11 is 3.43.